The summed E-state index contributed by atoms with van der Waals surface area (Å²) in [6.45, 7) is 1.77. The van der Waals surface area contributed by atoms with Crippen molar-refractivity contribution in [3.05, 3.63) is 46.5 Å². The van der Waals surface area contributed by atoms with E-state index in [1.54, 1.807) is 6.92 Å². The minimum Gasteiger partial charge on any atom is -0.219 e. The molecule has 0 saturated heterocycles. The van der Waals surface area contributed by atoms with Crippen LogP contribution in [0, 0.1) is 0 Å². The van der Waals surface area contributed by atoms with Gasteiger partial charge in [0.15, 0.2) is 0 Å². The van der Waals surface area contributed by atoms with Crippen LogP contribution in [-0.4, -0.2) is 9.97 Å². The van der Waals surface area contributed by atoms with Gasteiger partial charge in [-0.15, -0.1) is 11.6 Å². The third-order valence-corrected chi connectivity index (χ3v) is 3.00. The molecule has 0 N–H and O–H groups in total. The third-order valence-electron chi connectivity index (χ3n) is 2.26. The van der Waals surface area contributed by atoms with Gasteiger partial charge in [0.1, 0.15) is 16.1 Å². The highest BCUT2D eigenvalue weighted by atomic mass is 35.5. The van der Waals surface area contributed by atoms with Gasteiger partial charge in [0.25, 0.3) is 0 Å². The molecule has 0 aliphatic heterocycles. The van der Waals surface area contributed by atoms with Crippen molar-refractivity contribution in [2.24, 2.45) is 0 Å². The van der Waals surface area contributed by atoms with Crippen LogP contribution in [0.5, 0.6) is 0 Å². The predicted octanol–water partition coefficient (Wildman–Crippen LogP) is 4.75. The Morgan fingerprint density at radius 1 is 1.00 bits per heavy atom. The first kappa shape index (κ1) is 12.6. The second-order valence-electron chi connectivity index (χ2n) is 3.52. The molecule has 0 aliphatic rings. The molecule has 0 saturated carbocycles. The van der Waals surface area contributed by atoms with Crippen LogP contribution in [0.15, 0.2) is 30.3 Å². The average molecular weight is 288 g/mol. The number of benzene rings is 1. The van der Waals surface area contributed by atoms with Crippen LogP contribution in [0.2, 0.25) is 10.3 Å². The molecule has 1 atom stereocenters. The van der Waals surface area contributed by atoms with Crippen molar-refractivity contribution in [1.29, 1.82) is 0 Å². The summed E-state index contributed by atoms with van der Waals surface area (Å²) >= 11 is 18.1. The molecule has 0 radical (unpaired) electrons. The Hall–Kier alpha value is -0.830. The monoisotopic (exact) mass is 286 g/mol. The molecule has 2 aromatic rings. The van der Waals surface area contributed by atoms with Crippen LogP contribution < -0.4 is 0 Å². The molecule has 88 valence electrons. The predicted molar refractivity (Wildman–Crippen MR) is 71.8 cm³/mol. The van der Waals surface area contributed by atoms with E-state index in [9.17, 15) is 0 Å². The third kappa shape index (κ3) is 2.71. The largest absolute Gasteiger partial charge is 0.219 e. The molecule has 1 heterocycles. The molecule has 0 fully saturated rings. The average Bonchev–Trinajstić information content (AvgIpc) is 2.29. The van der Waals surface area contributed by atoms with E-state index in [1.807, 2.05) is 30.3 Å². The van der Waals surface area contributed by atoms with Gasteiger partial charge in [-0.3, -0.25) is 0 Å². The summed E-state index contributed by atoms with van der Waals surface area (Å²) in [5, 5.41) is 0.312. The maximum atomic E-state index is 6.12. The summed E-state index contributed by atoms with van der Waals surface area (Å²) in [6.07, 6.45) is 0. The Morgan fingerprint density at radius 3 is 2.00 bits per heavy atom. The van der Waals surface area contributed by atoms with Crippen molar-refractivity contribution < 1.29 is 0 Å². The van der Waals surface area contributed by atoms with E-state index in [4.69, 9.17) is 34.8 Å². The Morgan fingerprint density at radius 2 is 1.53 bits per heavy atom. The summed E-state index contributed by atoms with van der Waals surface area (Å²) < 4.78 is 0. The first-order valence-electron chi connectivity index (χ1n) is 5.02. The molecule has 1 aromatic heterocycles. The molecular formula is C12H9Cl3N2. The Balaban J connectivity index is 2.57. The smallest absolute Gasteiger partial charge is 0.149 e. The van der Waals surface area contributed by atoms with Gasteiger partial charge in [-0.1, -0.05) is 53.5 Å². The van der Waals surface area contributed by atoms with Crippen molar-refractivity contribution >= 4 is 34.8 Å². The van der Waals surface area contributed by atoms with Gasteiger partial charge in [0.05, 0.1) is 10.9 Å². The minimum atomic E-state index is -0.324. The lowest BCUT2D eigenvalue weighted by molar-refractivity contribution is 0.912. The lowest BCUT2D eigenvalue weighted by Gasteiger charge is -2.09. The normalized spacial score (nSPS) is 12.5. The van der Waals surface area contributed by atoms with Gasteiger partial charge in [0.2, 0.25) is 0 Å². The van der Waals surface area contributed by atoms with Crippen molar-refractivity contribution in [2.75, 3.05) is 0 Å². The molecule has 1 aromatic carbocycles. The van der Waals surface area contributed by atoms with Crippen LogP contribution in [0.3, 0.4) is 0 Å². The van der Waals surface area contributed by atoms with Crippen molar-refractivity contribution in [3.63, 3.8) is 0 Å². The molecule has 1 unspecified atom stereocenters. The van der Waals surface area contributed by atoms with Crippen molar-refractivity contribution in [2.45, 2.75) is 12.3 Å². The van der Waals surface area contributed by atoms with Crippen LogP contribution in [-0.2, 0) is 0 Å². The Bertz CT molecular complexity index is 504. The maximum Gasteiger partial charge on any atom is 0.149 e. The molecule has 0 spiro atoms. The van der Waals surface area contributed by atoms with Gasteiger partial charge >= 0.3 is 0 Å². The van der Waals surface area contributed by atoms with Crippen LogP contribution in [0.1, 0.15) is 18.1 Å². The first-order valence-corrected chi connectivity index (χ1v) is 6.21. The van der Waals surface area contributed by atoms with Gasteiger partial charge in [-0.25, -0.2) is 9.97 Å². The second-order valence-corrected chi connectivity index (χ2v) is 4.89. The minimum absolute atomic E-state index is 0.318. The van der Waals surface area contributed by atoms with E-state index >= 15 is 0 Å². The number of hydrogen-bond donors (Lipinski definition) is 0. The van der Waals surface area contributed by atoms with Crippen molar-refractivity contribution in [3.8, 4) is 11.1 Å². The van der Waals surface area contributed by atoms with Gasteiger partial charge in [-0.05, 0) is 12.5 Å². The highest BCUT2D eigenvalue weighted by Crippen LogP contribution is 2.33. The molecule has 0 bridgehead atoms. The zero-order chi connectivity index (χ0) is 12.4. The summed E-state index contributed by atoms with van der Waals surface area (Å²) in [6, 6.07) is 9.53. The van der Waals surface area contributed by atoms with Gasteiger partial charge in [0, 0.05) is 0 Å². The SMILES string of the molecule is CC(Cl)c1nc(Cl)c(-c2ccccc2)c(Cl)n1. The Kier molecular flexibility index (Phi) is 3.87. The van der Waals surface area contributed by atoms with E-state index in [0.29, 0.717) is 21.7 Å². The fourth-order valence-corrected chi connectivity index (χ4v) is 2.16. The summed E-state index contributed by atoms with van der Waals surface area (Å²) in [4.78, 5) is 8.30. The molecule has 2 rings (SSSR count). The fourth-order valence-electron chi connectivity index (χ4n) is 1.44. The number of hydrogen-bond acceptors (Lipinski definition) is 2. The molecule has 5 heteroatoms. The van der Waals surface area contributed by atoms with E-state index in [0.717, 1.165) is 5.56 Å². The summed E-state index contributed by atoms with van der Waals surface area (Å²) in [7, 11) is 0. The van der Waals surface area contributed by atoms with Crippen LogP contribution >= 0.6 is 34.8 Å². The fraction of sp³-hybridized carbons (Fsp3) is 0.167. The highest BCUT2D eigenvalue weighted by molar-refractivity contribution is 6.37. The summed E-state index contributed by atoms with van der Waals surface area (Å²) in [5.41, 5.74) is 1.52. The van der Waals surface area contributed by atoms with Crippen molar-refractivity contribution in [1.82, 2.24) is 9.97 Å². The first-order chi connectivity index (χ1) is 8.09. The number of aromatic nitrogens is 2. The van der Waals surface area contributed by atoms with E-state index in [1.165, 1.54) is 0 Å². The Labute approximate surface area is 115 Å². The number of rotatable bonds is 2. The van der Waals surface area contributed by atoms with Crippen LogP contribution in [0.4, 0.5) is 0 Å². The molecule has 2 nitrogen and oxygen atoms in total. The number of alkyl halides is 1. The van der Waals surface area contributed by atoms with Gasteiger partial charge in [-0.2, -0.15) is 0 Å². The maximum absolute atomic E-state index is 6.12. The zero-order valence-electron chi connectivity index (χ0n) is 8.99. The van der Waals surface area contributed by atoms with E-state index in [2.05, 4.69) is 9.97 Å². The molecular weight excluding hydrogens is 279 g/mol. The molecule has 0 amide bonds. The van der Waals surface area contributed by atoms with Gasteiger partial charge < -0.3 is 0 Å². The van der Waals surface area contributed by atoms with Crippen LogP contribution in [0.25, 0.3) is 11.1 Å². The lowest BCUT2D eigenvalue weighted by Crippen LogP contribution is -1.98. The highest BCUT2D eigenvalue weighted by Gasteiger charge is 2.15. The summed E-state index contributed by atoms with van der Waals surface area (Å²) in [5.74, 6) is 0.432. The topological polar surface area (TPSA) is 25.8 Å². The second kappa shape index (κ2) is 5.21. The lowest BCUT2D eigenvalue weighted by atomic mass is 10.1. The number of nitrogens with zero attached hydrogens (tertiary/aromatic N) is 2. The van der Waals surface area contributed by atoms with E-state index < -0.39 is 0 Å². The molecule has 0 aliphatic carbocycles. The van der Waals surface area contributed by atoms with E-state index in [-0.39, 0.29) is 5.38 Å². The quantitative estimate of drug-likeness (QED) is 0.588. The standard InChI is InChI=1S/C12H9Cl3N2/c1-7(13)12-16-10(14)9(11(15)17-12)8-5-3-2-4-6-8/h2-7H,1H3. The number of halogens is 3. The zero-order valence-corrected chi connectivity index (χ0v) is 11.3. The molecule has 17 heavy (non-hydrogen) atoms.